The Morgan fingerprint density at radius 2 is 1.60 bits per heavy atom. The van der Waals surface area contributed by atoms with E-state index in [1.54, 1.807) is 60.7 Å². The lowest BCUT2D eigenvalue weighted by molar-refractivity contribution is -0.137. The average molecular weight is 612 g/mol. The van der Waals surface area contributed by atoms with Crippen LogP contribution in [0, 0.1) is 0 Å². The molecule has 45 heavy (non-hydrogen) atoms. The number of rotatable bonds is 9. The molecule has 3 N–H and O–H groups in total. The van der Waals surface area contributed by atoms with Gasteiger partial charge < -0.3 is 16.0 Å². The second-order valence-corrected chi connectivity index (χ2v) is 10.1. The molecule has 0 fully saturated rings. The first-order valence-corrected chi connectivity index (χ1v) is 14.1. The predicted octanol–water partition coefficient (Wildman–Crippen LogP) is 6.57. The molecule has 3 amide bonds. The molecule has 0 aliphatic carbocycles. The van der Waals surface area contributed by atoms with Crippen LogP contribution in [0.5, 0.6) is 0 Å². The summed E-state index contributed by atoms with van der Waals surface area (Å²) in [5.74, 6) is -1.07. The number of anilines is 1. The van der Waals surface area contributed by atoms with Gasteiger partial charge in [0, 0.05) is 29.3 Å². The fraction of sp³-hybridized carbons (Fsp3) is 0.147. The molecule has 0 bridgehead atoms. The van der Waals surface area contributed by atoms with Crippen LogP contribution >= 0.6 is 0 Å². The minimum absolute atomic E-state index is 0.155. The van der Waals surface area contributed by atoms with Crippen molar-refractivity contribution < 1.29 is 27.6 Å². The second-order valence-electron chi connectivity index (χ2n) is 10.1. The van der Waals surface area contributed by atoms with Gasteiger partial charge in [0.15, 0.2) is 0 Å². The Balaban J connectivity index is 1.33. The zero-order chi connectivity index (χ0) is 32.0. The van der Waals surface area contributed by atoms with Crippen LogP contribution in [0.2, 0.25) is 0 Å². The molecule has 2 aromatic heterocycles. The van der Waals surface area contributed by atoms with Gasteiger partial charge in [-0.25, -0.2) is 4.98 Å². The van der Waals surface area contributed by atoms with Gasteiger partial charge in [0.05, 0.1) is 22.3 Å². The summed E-state index contributed by atoms with van der Waals surface area (Å²) in [5, 5.41) is 8.98. The molecular formula is C34H28F3N5O3. The van der Waals surface area contributed by atoms with Crippen LogP contribution in [0.25, 0.3) is 22.2 Å². The van der Waals surface area contributed by atoms with Gasteiger partial charge in [-0.15, -0.1) is 0 Å². The largest absolute Gasteiger partial charge is 0.416 e. The van der Waals surface area contributed by atoms with Gasteiger partial charge in [0.25, 0.3) is 11.8 Å². The lowest BCUT2D eigenvalue weighted by Gasteiger charge is -2.19. The number of halogens is 3. The van der Waals surface area contributed by atoms with Crippen LogP contribution in [0.1, 0.15) is 51.2 Å². The molecule has 0 aliphatic rings. The van der Waals surface area contributed by atoms with E-state index in [0.717, 1.165) is 18.6 Å². The number of amides is 3. The Kier molecular flexibility index (Phi) is 9.17. The van der Waals surface area contributed by atoms with Gasteiger partial charge in [0.2, 0.25) is 5.91 Å². The number of carbonyl (C=O) groups excluding carboxylic acids is 3. The first kappa shape index (κ1) is 30.9. The van der Waals surface area contributed by atoms with Crippen molar-refractivity contribution in [2.24, 2.45) is 0 Å². The highest BCUT2D eigenvalue weighted by Crippen LogP contribution is 2.31. The van der Waals surface area contributed by atoms with E-state index in [1.165, 1.54) is 24.4 Å². The van der Waals surface area contributed by atoms with Crippen molar-refractivity contribution in [2.75, 3.05) is 11.9 Å². The van der Waals surface area contributed by atoms with E-state index in [-0.39, 0.29) is 23.0 Å². The maximum atomic E-state index is 13.2. The molecule has 3 aromatic carbocycles. The number of benzene rings is 3. The molecule has 0 saturated heterocycles. The minimum atomic E-state index is -4.48. The van der Waals surface area contributed by atoms with Crippen molar-refractivity contribution in [2.45, 2.75) is 25.6 Å². The number of nitrogens with one attached hydrogen (secondary N) is 3. The molecule has 0 spiro atoms. The first-order chi connectivity index (χ1) is 21.6. The Morgan fingerprint density at radius 3 is 2.31 bits per heavy atom. The number of nitrogens with zero attached hydrogens (tertiary/aromatic N) is 2. The quantitative estimate of drug-likeness (QED) is 0.175. The van der Waals surface area contributed by atoms with E-state index in [2.05, 4.69) is 25.9 Å². The van der Waals surface area contributed by atoms with Crippen molar-refractivity contribution in [1.29, 1.82) is 0 Å². The standard InChI is InChI=1S/C34H28F3N5O3/c1-2-18-39-33(45)30(21-7-4-3-5-8-21)42-31(43)24-12-16-27-23(20-24)13-17-28(40-27)41-32(44)26-9-6-19-38-29(26)22-10-14-25(15-11-22)34(35,36)37/h3-17,19-20,30H,2,18H2,1H3,(H,39,45)(H,42,43)(H,40,41,44)/t30-/m0/s1. The topological polar surface area (TPSA) is 113 Å². The number of aromatic nitrogens is 2. The van der Waals surface area contributed by atoms with E-state index < -0.39 is 29.6 Å². The van der Waals surface area contributed by atoms with Gasteiger partial charge in [-0.2, -0.15) is 13.2 Å². The Morgan fingerprint density at radius 1 is 0.844 bits per heavy atom. The highest BCUT2D eigenvalue weighted by atomic mass is 19.4. The molecule has 5 aromatic rings. The van der Waals surface area contributed by atoms with E-state index in [0.29, 0.717) is 34.1 Å². The van der Waals surface area contributed by atoms with E-state index in [4.69, 9.17) is 0 Å². The summed E-state index contributed by atoms with van der Waals surface area (Å²) < 4.78 is 39.0. The molecule has 5 rings (SSSR count). The third-order valence-corrected chi connectivity index (χ3v) is 6.95. The minimum Gasteiger partial charge on any atom is -0.354 e. The summed E-state index contributed by atoms with van der Waals surface area (Å²) in [6.07, 6.45) is -2.28. The molecule has 228 valence electrons. The van der Waals surface area contributed by atoms with Crippen molar-refractivity contribution in [3.8, 4) is 11.3 Å². The van der Waals surface area contributed by atoms with Crippen LogP contribution in [0.4, 0.5) is 19.0 Å². The van der Waals surface area contributed by atoms with Crippen LogP contribution < -0.4 is 16.0 Å². The van der Waals surface area contributed by atoms with Crippen LogP contribution in [-0.2, 0) is 11.0 Å². The van der Waals surface area contributed by atoms with E-state index in [1.807, 2.05) is 13.0 Å². The normalized spacial score (nSPS) is 11.9. The van der Waals surface area contributed by atoms with Crippen molar-refractivity contribution >= 4 is 34.4 Å². The number of pyridine rings is 2. The van der Waals surface area contributed by atoms with Gasteiger partial charge in [-0.05, 0) is 66.6 Å². The van der Waals surface area contributed by atoms with Gasteiger partial charge >= 0.3 is 6.18 Å². The Bertz CT molecular complexity index is 1840. The van der Waals surface area contributed by atoms with Gasteiger partial charge in [0.1, 0.15) is 11.9 Å². The smallest absolute Gasteiger partial charge is 0.354 e. The Labute approximate surface area is 256 Å². The van der Waals surface area contributed by atoms with Crippen molar-refractivity contribution in [3.63, 3.8) is 0 Å². The molecular weight excluding hydrogens is 583 g/mol. The average Bonchev–Trinajstić information content (AvgIpc) is 3.05. The highest BCUT2D eigenvalue weighted by Gasteiger charge is 2.30. The van der Waals surface area contributed by atoms with E-state index >= 15 is 0 Å². The number of alkyl halides is 3. The van der Waals surface area contributed by atoms with Crippen LogP contribution in [0.15, 0.2) is 103 Å². The fourth-order valence-electron chi connectivity index (χ4n) is 4.67. The molecule has 1 atom stereocenters. The fourth-order valence-corrected chi connectivity index (χ4v) is 4.67. The Hall–Kier alpha value is -5.58. The van der Waals surface area contributed by atoms with E-state index in [9.17, 15) is 27.6 Å². The predicted molar refractivity (Wildman–Crippen MR) is 164 cm³/mol. The molecule has 0 saturated carbocycles. The van der Waals surface area contributed by atoms with Crippen LogP contribution in [-0.4, -0.2) is 34.2 Å². The first-order valence-electron chi connectivity index (χ1n) is 14.1. The lowest BCUT2D eigenvalue weighted by Crippen LogP contribution is -2.40. The zero-order valence-electron chi connectivity index (χ0n) is 24.1. The SMILES string of the molecule is CCCNC(=O)[C@@H](NC(=O)c1ccc2nc(NC(=O)c3cccnc3-c3ccc(C(F)(F)F)cc3)ccc2c1)c1ccccc1. The van der Waals surface area contributed by atoms with Crippen molar-refractivity contribution in [1.82, 2.24) is 20.6 Å². The van der Waals surface area contributed by atoms with Crippen molar-refractivity contribution in [3.05, 3.63) is 126 Å². The summed E-state index contributed by atoms with van der Waals surface area (Å²) >= 11 is 0. The summed E-state index contributed by atoms with van der Waals surface area (Å²) in [6.45, 7) is 2.42. The number of hydrogen-bond acceptors (Lipinski definition) is 5. The molecule has 0 radical (unpaired) electrons. The summed E-state index contributed by atoms with van der Waals surface area (Å²) in [4.78, 5) is 47.9. The third kappa shape index (κ3) is 7.32. The number of hydrogen-bond donors (Lipinski definition) is 3. The molecule has 2 heterocycles. The number of fused-ring (bicyclic) bond motifs is 1. The monoisotopic (exact) mass is 611 g/mol. The maximum Gasteiger partial charge on any atom is 0.416 e. The summed E-state index contributed by atoms with van der Waals surface area (Å²) in [7, 11) is 0. The lowest BCUT2D eigenvalue weighted by atomic mass is 10.0. The molecule has 8 nitrogen and oxygen atoms in total. The number of carbonyl (C=O) groups is 3. The molecule has 11 heteroatoms. The second kappa shape index (κ2) is 13.4. The summed E-state index contributed by atoms with van der Waals surface area (Å²) in [6, 6.07) is 23.7. The molecule has 0 unspecified atom stereocenters. The molecule has 0 aliphatic heterocycles. The van der Waals surface area contributed by atoms with Gasteiger partial charge in [-0.3, -0.25) is 19.4 Å². The highest BCUT2D eigenvalue weighted by molar-refractivity contribution is 6.08. The zero-order valence-corrected chi connectivity index (χ0v) is 24.1. The third-order valence-electron chi connectivity index (χ3n) is 6.95. The van der Waals surface area contributed by atoms with Gasteiger partial charge in [-0.1, -0.05) is 49.4 Å². The van der Waals surface area contributed by atoms with Crippen LogP contribution in [0.3, 0.4) is 0 Å². The summed E-state index contributed by atoms with van der Waals surface area (Å²) in [5.41, 5.74) is 1.39. The maximum absolute atomic E-state index is 13.2.